The highest BCUT2D eigenvalue weighted by atomic mass is 16.1. The van der Waals surface area contributed by atoms with Gasteiger partial charge in [-0.3, -0.25) is 4.79 Å². The molecule has 0 aliphatic carbocycles. The second-order valence-corrected chi connectivity index (χ2v) is 6.29. The molecule has 1 unspecified atom stereocenters. The fraction of sp³-hybridized carbons (Fsp3) is 0.938. The molecule has 120 valence electrons. The van der Waals surface area contributed by atoms with Crippen LogP contribution in [0.4, 0.5) is 0 Å². The molecule has 0 aromatic heterocycles. The van der Waals surface area contributed by atoms with Crippen LogP contribution in [0.5, 0.6) is 0 Å². The first kappa shape index (κ1) is 19.4. The van der Waals surface area contributed by atoms with Gasteiger partial charge in [-0.1, -0.05) is 26.7 Å². The number of hydrogen-bond donors (Lipinski definition) is 2. The van der Waals surface area contributed by atoms with E-state index in [0.717, 1.165) is 26.1 Å². The summed E-state index contributed by atoms with van der Waals surface area (Å²) in [6.45, 7) is 13.6. The van der Waals surface area contributed by atoms with Crippen molar-refractivity contribution in [3.63, 3.8) is 0 Å². The van der Waals surface area contributed by atoms with E-state index in [9.17, 15) is 4.79 Å². The number of unbranched alkanes of at least 4 members (excludes halogenated alkanes) is 2. The highest BCUT2D eigenvalue weighted by Gasteiger charge is 2.31. The average molecular weight is 285 g/mol. The van der Waals surface area contributed by atoms with Crippen LogP contribution in [0.1, 0.15) is 66.7 Å². The minimum atomic E-state index is -0.606. The third-order valence-corrected chi connectivity index (χ3v) is 3.73. The van der Waals surface area contributed by atoms with E-state index in [1.165, 1.54) is 25.7 Å². The summed E-state index contributed by atoms with van der Waals surface area (Å²) in [5.74, 6) is -0.253. The molecule has 0 fully saturated rings. The van der Waals surface area contributed by atoms with E-state index in [-0.39, 0.29) is 11.9 Å². The highest BCUT2D eigenvalue weighted by molar-refractivity contribution is 5.84. The Hall–Kier alpha value is -0.610. The number of carbonyl (C=O) groups is 1. The lowest BCUT2D eigenvalue weighted by molar-refractivity contribution is -0.124. The summed E-state index contributed by atoms with van der Waals surface area (Å²) < 4.78 is 0. The van der Waals surface area contributed by atoms with Gasteiger partial charge in [-0.05, 0) is 53.1 Å². The van der Waals surface area contributed by atoms with Crippen LogP contribution in [-0.4, -0.2) is 42.0 Å². The minimum absolute atomic E-state index is 0.253. The van der Waals surface area contributed by atoms with Gasteiger partial charge in [0.1, 0.15) is 0 Å². The highest BCUT2D eigenvalue weighted by Crippen LogP contribution is 2.12. The van der Waals surface area contributed by atoms with E-state index in [0.29, 0.717) is 0 Å². The van der Waals surface area contributed by atoms with Crippen LogP contribution in [0.3, 0.4) is 0 Å². The Kier molecular flexibility index (Phi) is 9.86. The Labute approximate surface area is 125 Å². The van der Waals surface area contributed by atoms with Gasteiger partial charge in [0.25, 0.3) is 0 Å². The molecular weight excluding hydrogens is 250 g/mol. The monoisotopic (exact) mass is 285 g/mol. The van der Waals surface area contributed by atoms with Gasteiger partial charge >= 0.3 is 0 Å². The Balaban J connectivity index is 4.47. The molecule has 4 heteroatoms. The van der Waals surface area contributed by atoms with Gasteiger partial charge in [0, 0.05) is 12.6 Å². The molecule has 0 aromatic rings. The normalized spacial score (nSPS) is 14.8. The topological polar surface area (TPSA) is 58.4 Å². The smallest absolute Gasteiger partial charge is 0.237 e. The number of amides is 1. The van der Waals surface area contributed by atoms with Crippen LogP contribution in [0.2, 0.25) is 0 Å². The van der Waals surface area contributed by atoms with Gasteiger partial charge in [-0.15, -0.1) is 0 Å². The summed E-state index contributed by atoms with van der Waals surface area (Å²) in [6.07, 6.45) is 5.62. The van der Waals surface area contributed by atoms with E-state index in [1.54, 1.807) is 0 Å². The summed E-state index contributed by atoms with van der Waals surface area (Å²) >= 11 is 0. The molecule has 0 bridgehead atoms. The average Bonchev–Trinajstić information content (AvgIpc) is 2.36. The van der Waals surface area contributed by atoms with Crippen molar-refractivity contribution in [2.24, 2.45) is 5.73 Å². The molecule has 3 N–H and O–H groups in total. The zero-order valence-corrected chi connectivity index (χ0v) is 14.2. The third-order valence-electron chi connectivity index (χ3n) is 3.73. The summed E-state index contributed by atoms with van der Waals surface area (Å²) in [7, 11) is 0. The number of carbonyl (C=O) groups excluding carboxylic acids is 1. The fourth-order valence-corrected chi connectivity index (χ4v) is 2.38. The van der Waals surface area contributed by atoms with Gasteiger partial charge in [-0.2, -0.15) is 0 Å². The van der Waals surface area contributed by atoms with E-state index < -0.39 is 5.54 Å². The van der Waals surface area contributed by atoms with Gasteiger partial charge < -0.3 is 16.0 Å². The lowest BCUT2D eigenvalue weighted by atomic mass is 9.95. The van der Waals surface area contributed by atoms with Crippen molar-refractivity contribution in [3.05, 3.63) is 0 Å². The zero-order valence-electron chi connectivity index (χ0n) is 14.2. The number of rotatable bonds is 12. The van der Waals surface area contributed by atoms with Crippen molar-refractivity contribution >= 4 is 5.91 Å². The molecule has 4 nitrogen and oxygen atoms in total. The quantitative estimate of drug-likeness (QED) is 0.579. The van der Waals surface area contributed by atoms with Crippen LogP contribution < -0.4 is 11.1 Å². The van der Waals surface area contributed by atoms with Crippen LogP contribution in [0, 0.1) is 0 Å². The number of nitrogens with zero attached hydrogens (tertiary/aromatic N) is 1. The van der Waals surface area contributed by atoms with Crippen molar-refractivity contribution in [3.8, 4) is 0 Å². The van der Waals surface area contributed by atoms with E-state index in [4.69, 9.17) is 5.73 Å². The van der Waals surface area contributed by atoms with Gasteiger partial charge in [0.15, 0.2) is 0 Å². The summed E-state index contributed by atoms with van der Waals surface area (Å²) in [4.78, 5) is 14.2. The third kappa shape index (κ3) is 7.85. The predicted octanol–water partition coefficient (Wildman–Crippen LogP) is 2.52. The first-order valence-corrected chi connectivity index (χ1v) is 8.15. The Morgan fingerprint density at radius 1 is 1.15 bits per heavy atom. The van der Waals surface area contributed by atoms with Gasteiger partial charge in [0.2, 0.25) is 5.91 Å². The van der Waals surface area contributed by atoms with Crippen molar-refractivity contribution in [1.29, 1.82) is 0 Å². The fourth-order valence-electron chi connectivity index (χ4n) is 2.38. The molecule has 0 rings (SSSR count). The molecule has 0 saturated carbocycles. The molecule has 0 radical (unpaired) electrons. The zero-order chi connectivity index (χ0) is 15.6. The number of nitrogens with two attached hydrogens (primary N) is 1. The molecular formula is C16H35N3O. The first-order chi connectivity index (χ1) is 9.35. The maximum absolute atomic E-state index is 11.7. The van der Waals surface area contributed by atoms with Gasteiger partial charge in [-0.25, -0.2) is 0 Å². The van der Waals surface area contributed by atoms with Crippen LogP contribution in [0.25, 0.3) is 0 Å². The molecule has 0 saturated heterocycles. The Morgan fingerprint density at radius 3 is 2.00 bits per heavy atom. The Morgan fingerprint density at radius 2 is 1.65 bits per heavy atom. The van der Waals surface area contributed by atoms with Crippen molar-refractivity contribution in [2.75, 3.05) is 19.6 Å². The lowest BCUT2D eigenvalue weighted by Gasteiger charge is -2.32. The van der Waals surface area contributed by atoms with E-state index in [2.05, 4.69) is 24.1 Å². The lowest BCUT2D eigenvalue weighted by Crippen LogP contribution is -2.56. The number of primary amides is 1. The van der Waals surface area contributed by atoms with Crippen molar-refractivity contribution in [2.45, 2.75) is 78.3 Å². The summed E-state index contributed by atoms with van der Waals surface area (Å²) in [5, 5.41) is 3.32. The molecule has 0 aliphatic rings. The van der Waals surface area contributed by atoms with Gasteiger partial charge in [0.05, 0.1) is 5.54 Å². The number of hydrogen-bond acceptors (Lipinski definition) is 3. The number of nitrogens with one attached hydrogen (secondary N) is 1. The molecule has 1 amide bonds. The van der Waals surface area contributed by atoms with Crippen molar-refractivity contribution in [1.82, 2.24) is 10.2 Å². The SMILES string of the molecule is CCCCN(CCCC)CCC(C)(NC(C)C)C(N)=O. The maximum atomic E-state index is 11.7. The molecule has 1 atom stereocenters. The summed E-state index contributed by atoms with van der Waals surface area (Å²) in [6, 6.07) is 0.257. The van der Waals surface area contributed by atoms with Crippen LogP contribution >= 0.6 is 0 Å². The molecule has 0 spiro atoms. The summed E-state index contributed by atoms with van der Waals surface area (Å²) in [5.41, 5.74) is 4.98. The first-order valence-electron chi connectivity index (χ1n) is 8.15. The minimum Gasteiger partial charge on any atom is -0.368 e. The van der Waals surface area contributed by atoms with Crippen LogP contribution in [0.15, 0.2) is 0 Å². The maximum Gasteiger partial charge on any atom is 0.237 e. The second kappa shape index (κ2) is 10.2. The molecule has 0 heterocycles. The molecule has 0 aromatic carbocycles. The molecule has 0 aliphatic heterocycles. The van der Waals surface area contributed by atoms with Crippen molar-refractivity contribution < 1.29 is 4.79 Å². The van der Waals surface area contributed by atoms with E-state index in [1.807, 2.05) is 20.8 Å². The second-order valence-electron chi connectivity index (χ2n) is 6.29. The van der Waals surface area contributed by atoms with Crippen LogP contribution in [-0.2, 0) is 4.79 Å². The predicted molar refractivity (Wildman–Crippen MR) is 86.7 cm³/mol. The molecule has 20 heavy (non-hydrogen) atoms. The standard InChI is InChI=1S/C16H35N3O/c1-6-8-11-19(12-9-7-2)13-10-16(5,15(17)20)18-14(3)4/h14,18H,6-13H2,1-5H3,(H2,17,20). The Bertz CT molecular complexity index is 260. The largest absolute Gasteiger partial charge is 0.368 e. The van der Waals surface area contributed by atoms with E-state index >= 15 is 0 Å².